The summed E-state index contributed by atoms with van der Waals surface area (Å²) in [7, 11) is 1.60. The zero-order valence-corrected chi connectivity index (χ0v) is 12.9. The standard InChI is InChI=1S/C17H19NO4/c1-11(2)18-15(12-4-7-14(22-3)8-5-12)9-6-13(17(18)21)10-16(19)20/h4-9,11H,10H2,1-3H3,(H,19,20). The first-order valence-electron chi connectivity index (χ1n) is 7.04. The van der Waals surface area contributed by atoms with Crippen molar-refractivity contribution in [3.8, 4) is 17.0 Å². The molecule has 116 valence electrons. The third-order valence-corrected chi connectivity index (χ3v) is 3.44. The second-order valence-electron chi connectivity index (χ2n) is 5.31. The number of ether oxygens (including phenoxy) is 1. The Balaban J connectivity index is 2.57. The summed E-state index contributed by atoms with van der Waals surface area (Å²) in [6.07, 6.45) is -0.269. The Morgan fingerprint density at radius 1 is 1.18 bits per heavy atom. The van der Waals surface area contributed by atoms with Crippen molar-refractivity contribution in [2.24, 2.45) is 0 Å². The number of carboxylic acid groups (broad SMARTS) is 1. The quantitative estimate of drug-likeness (QED) is 0.922. The summed E-state index contributed by atoms with van der Waals surface area (Å²) in [5.74, 6) is -0.269. The van der Waals surface area contributed by atoms with Gasteiger partial charge in [0.25, 0.3) is 5.56 Å². The van der Waals surface area contributed by atoms with E-state index in [1.165, 1.54) is 0 Å². The lowest BCUT2D eigenvalue weighted by Gasteiger charge is -2.18. The van der Waals surface area contributed by atoms with Crippen LogP contribution in [0.3, 0.4) is 0 Å². The molecule has 5 heteroatoms. The molecule has 1 aromatic carbocycles. The molecule has 0 fully saturated rings. The lowest BCUT2D eigenvalue weighted by atomic mass is 10.1. The van der Waals surface area contributed by atoms with Crippen molar-refractivity contribution < 1.29 is 14.6 Å². The van der Waals surface area contributed by atoms with Crippen molar-refractivity contribution in [2.75, 3.05) is 7.11 Å². The van der Waals surface area contributed by atoms with E-state index in [2.05, 4.69) is 0 Å². The van der Waals surface area contributed by atoms with Gasteiger partial charge in [-0.15, -0.1) is 0 Å². The number of aromatic nitrogens is 1. The van der Waals surface area contributed by atoms with Gasteiger partial charge >= 0.3 is 5.97 Å². The molecule has 0 saturated carbocycles. The molecule has 2 aromatic rings. The summed E-state index contributed by atoms with van der Waals surface area (Å²) in [4.78, 5) is 23.4. The zero-order chi connectivity index (χ0) is 16.3. The summed E-state index contributed by atoms with van der Waals surface area (Å²) in [6, 6.07) is 10.7. The number of carbonyl (C=O) groups is 1. The Labute approximate surface area is 128 Å². The van der Waals surface area contributed by atoms with Crippen LogP contribution in [-0.2, 0) is 11.2 Å². The predicted octanol–water partition coefficient (Wildman–Crippen LogP) is 2.73. The first-order chi connectivity index (χ1) is 10.4. The molecule has 1 aromatic heterocycles. The largest absolute Gasteiger partial charge is 0.497 e. The molecule has 0 radical (unpaired) electrons. The van der Waals surface area contributed by atoms with Gasteiger partial charge in [-0.25, -0.2) is 0 Å². The number of hydrogen-bond acceptors (Lipinski definition) is 3. The van der Waals surface area contributed by atoms with Crippen molar-refractivity contribution in [1.82, 2.24) is 4.57 Å². The average Bonchev–Trinajstić information content (AvgIpc) is 2.48. The van der Waals surface area contributed by atoms with Crippen molar-refractivity contribution in [3.05, 3.63) is 52.3 Å². The Morgan fingerprint density at radius 3 is 2.32 bits per heavy atom. The summed E-state index contributed by atoms with van der Waals surface area (Å²) in [6.45, 7) is 3.80. The zero-order valence-electron chi connectivity index (χ0n) is 12.9. The maximum absolute atomic E-state index is 12.5. The second-order valence-corrected chi connectivity index (χ2v) is 5.31. The van der Waals surface area contributed by atoms with Gasteiger partial charge in [0.05, 0.1) is 19.2 Å². The summed E-state index contributed by atoms with van der Waals surface area (Å²) in [5, 5.41) is 8.90. The van der Waals surface area contributed by atoms with Crippen LogP contribution in [0.15, 0.2) is 41.2 Å². The highest BCUT2D eigenvalue weighted by atomic mass is 16.5. The molecule has 22 heavy (non-hydrogen) atoms. The fourth-order valence-electron chi connectivity index (χ4n) is 2.40. The summed E-state index contributed by atoms with van der Waals surface area (Å²) in [5.41, 5.74) is 1.68. The molecular weight excluding hydrogens is 282 g/mol. The first-order valence-corrected chi connectivity index (χ1v) is 7.04. The van der Waals surface area contributed by atoms with Crippen molar-refractivity contribution >= 4 is 5.97 Å². The molecule has 0 amide bonds. The van der Waals surface area contributed by atoms with Crippen LogP contribution in [0.4, 0.5) is 0 Å². The Hall–Kier alpha value is -2.56. The number of hydrogen-bond donors (Lipinski definition) is 1. The Bertz CT molecular complexity index is 729. The van der Waals surface area contributed by atoms with E-state index < -0.39 is 5.97 Å². The predicted molar refractivity (Wildman–Crippen MR) is 84.4 cm³/mol. The number of nitrogens with zero attached hydrogens (tertiary/aromatic N) is 1. The van der Waals surface area contributed by atoms with E-state index >= 15 is 0 Å². The molecule has 0 aliphatic carbocycles. The molecule has 0 aliphatic heterocycles. The van der Waals surface area contributed by atoms with Crippen LogP contribution < -0.4 is 10.3 Å². The highest BCUT2D eigenvalue weighted by Crippen LogP contribution is 2.24. The van der Waals surface area contributed by atoms with Crippen molar-refractivity contribution in [3.63, 3.8) is 0 Å². The molecule has 0 atom stereocenters. The second kappa shape index (κ2) is 6.47. The fourth-order valence-corrected chi connectivity index (χ4v) is 2.40. The van der Waals surface area contributed by atoms with E-state index in [9.17, 15) is 9.59 Å². The number of aliphatic carboxylic acids is 1. The van der Waals surface area contributed by atoms with E-state index in [0.717, 1.165) is 17.0 Å². The monoisotopic (exact) mass is 301 g/mol. The minimum absolute atomic E-state index is 0.0710. The Kier molecular flexibility index (Phi) is 4.65. The normalized spacial score (nSPS) is 10.7. The molecule has 0 saturated heterocycles. The van der Waals surface area contributed by atoms with Crippen LogP contribution in [0.1, 0.15) is 25.5 Å². The van der Waals surface area contributed by atoms with Gasteiger partial charge in [-0.1, -0.05) is 6.07 Å². The molecule has 2 rings (SSSR count). The maximum Gasteiger partial charge on any atom is 0.308 e. The van der Waals surface area contributed by atoms with Gasteiger partial charge in [-0.3, -0.25) is 9.59 Å². The average molecular weight is 301 g/mol. The van der Waals surface area contributed by atoms with Crippen molar-refractivity contribution in [1.29, 1.82) is 0 Å². The molecule has 5 nitrogen and oxygen atoms in total. The highest BCUT2D eigenvalue weighted by Gasteiger charge is 2.14. The van der Waals surface area contributed by atoms with Crippen LogP contribution in [-0.4, -0.2) is 22.8 Å². The minimum Gasteiger partial charge on any atom is -0.497 e. The molecular formula is C17H19NO4. The van der Waals surface area contributed by atoms with Crippen LogP contribution in [0.25, 0.3) is 11.3 Å². The molecule has 0 spiro atoms. The van der Waals surface area contributed by atoms with Crippen molar-refractivity contribution in [2.45, 2.75) is 26.3 Å². The van der Waals surface area contributed by atoms with Gasteiger partial charge < -0.3 is 14.4 Å². The molecule has 1 N–H and O–H groups in total. The van der Waals surface area contributed by atoms with Gasteiger partial charge in [0, 0.05) is 11.6 Å². The van der Waals surface area contributed by atoms with Crippen LogP contribution in [0.5, 0.6) is 5.75 Å². The lowest BCUT2D eigenvalue weighted by molar-refractivity contribution is -0.136. The molecule has 1 heterocycles. The van der Waals surface area contributed by atoms with E-state index in [1.54, 1.807) is 23.8 Å². The fraction of sp³-hybridized carbons (Fsp3) is 0.294. The molecule has 0 aliphatic rings. The van der Waals surface area contributed by atoms with Gasteiger partial charge in [-0.2, -0.15) is 0 Å². The third-order valence-electron chi connectivity index (χ3n) is 3.44. The van der Waals surface area contributed by atoms with E-state index in [0.29, 0.717) is 5.56 Å². The van der Waals surface area contributed by atoms with Gasteiger partial charge in [-0.05, 0) is 49.7 Å². The number of benzene rings is 1. The smallest absolute Gasteiger partial charge is 0.308 e. The number of methoxy groups -OCH3 is 1. The number of rotatable bonds is 5. The summed E-state index contributed by atoms with van der Waals surface area (Å²) >= 11 is 0. The van der Waals surface area contributed by atoms with E-state index in [4.69, 9.17) is 9.84 Å². The van der Waals surface area contributed by atoms with E-state index in [-0.39, 0.29) is 18.0 Å². The lowest BCUT2D eigenvalue weighted by Crippen LogP contribution is -2.27. The van der Waals surface area contributed by atoms with Crippen LogP contribution >= 0.6 is 0 Å². The Morgan fingerprint density at radius 2 is 1.82 bits per heavy atom. The van der Waals surface area contributed by atoms with Crippen LogP contribution in [0, 0.1) is 0 Å². The maximum atomic E-state index is 12.5. The van der Waals surface area contributed by atoms with Gasteiger partial charge in [0.2, 0.25) is 0 Å². The third kappa shape index (κ3) is 3.19. The van der Waals surface area contributed by atoms with Gasteiger partial charge in [0.1, 0.15) is 5.75 Å². The topological polar surface area (TPSA) is 68.5 Å². The highest BCUT2D eigenvalue weighted by molar-refractivity contribution is 5.70. The first kappa shape index (κ1) is 15.8. The SMILES string of the molecule is COc1ccc(-c2ccc(CC(=O)O)c(=O)n2C(C)C)cc1. The molecule has 0 bridgehead atoms. The molecule has 0 unspecified atom stereocenters. The van der Waals surface area contributed by atoms with Gasteiger partial charge in [0.15, 0.2) is 0 Å². The van der Waals surface area contributed by atoms with Crippen LogP contribution in [0.2, 0.25) is 0 Å². The van der Waals surface area contributed by atoms with E-state index in [1.807, 2.05) is 38.1 Å². The number of pyridine rings is 1. The summed E-state index contributed by atoms with van der Waals surface area (Å²) < 4.78 is 6.76. The number of carboxylic acids is 1. The minimum atomic E-state index is -1.01.